The van der Waals surface area contributed by atoms with E-state index >= 15 is 0 Å². The Morgan fingerprint density at radius 2 is 1.88 bits per heavy atom. The van der Waals surface area contributed by atoms with Crippen LogP contribution in [0.5, 0.6) is 0 Å². The van der Waals surface area contributed by atoms with Gasteiger partial charge < -0.3 is 21.1 Å². The molecule has 0 saturated carbocycles. The number of rotatable bonds is 8. The fourth-order valence-electron chi connectivity index (χ4n) is 1.66. The molecule has 0 aromatic rings. The van der Waals surface area contributed by atoms with Gasteiger partial charge in [-0.05, 0) is 6.42 Å². The SMILES string of the molecule is CCCCC(C(N)O)C(CC(=O)O)C(=O)O. The summed E-state index contributed by atoms with van der Waals surface area (Å²) < 4.78 is 0. The lowest BCUT2D eigenvalue weighted by Gasteiger charge is -2.25. The molecule has 0 aliphatic heterocycles. The summed E-state index contributed by atoms with van der Waals surface area (Å²) in [5.74, 6) is -4.28. The molecule has 0 heterocycles. The summed E-state index contributed by atoms with van der Waals surface area (Å²) >= 11 is 0. The van der Waals surface area contributed by atoms with E-state index in [1.54, 1.807) is 0 Å². The molecule has 0 aromatic carbocycles. The summed E-state index contributed by atoms with van der Waals surface area (Å²) in [4.78, 5) is 21.4. The highest BCUT2D eigenvalue weighted by molar-refractivity contribution is 5.78. The molecule has 16 heavy (non-hydrogen) atoms. The number of hydrogen-bond donors (Lipinski definition) is 4. The Balaban J connectivity index is 4.65. The van der Waals surface area contributed by atoms with Crippen molar-refractivity contribution < 1.29 is 24.9 Å². The van der Waals surface area contributed by atoms with Crippen molar-refractivity contribution >= 4 is 11.9 Å². The first-order valence-electron chi connectivity index (χ1n) is 5.28. The second-order valence-corrected chi connectivity index (χ2v) is 3.84. The molecule has 0 aliphatic carbocycles. The van der Waals surface area contributed by atoms with Gasteiger partial charge >= 0.3 is 11.9 Å². The number of hydrogen-bond acceptors (Lipinski definition) is 4. The molecule has 0 amide bonds. The standard InChI is InChI=1S/C10H19NO5/c1-2-3-4-6(9(11)14)7(10(15)16)5-8(12)13/h6-7,9,14H,2-5,11H2,1H3,(H,12,13)(H,15,16). The fraction of sp³-hybridized carbons (Fsp3) is 0.800. The minimum atomic E-state index is -1.30. The first-order valence-corrected chi connectivity index (χ1v) is 5.28. The van der Waals surface area contributed by atoms with Gasteiger partial charge in [-0.1, -0.05) is 19.8 Å². The molecule has 6 nitrogen and oxygen atoms in total. The van der Waals surface area contributed by atoms with E-state index in [-0.39, 0.29) is 0 Å². The second kappa shape index (κ2) is 7.19. The van der Waals surface area contributed by atoms with Crippen molar-refractivity contribution in [1.82, 2.24) is 0 Å². The minimum absolute atomic E-state index is 0.415. The van der Waals surface area contributed by atoms with E-state index in [2.05, 4.69) is 0 Å². The van der Waals surface area contributed by atoms with Gasteiger partial charge in [0, 0.05) is 5.92 Å². The van der Waals surface area contributed by atoms with E-state index in [4.69, 9.17) is 15.9 Å². The Hall–Kier alpha value is -1.14. The summed E-state index contributed by atoms with van der Waals surface area (Å²) in [6.07, 6.45) is 0.147. The van der Waals surface area contributed by atoms with Gasteiger partial charge in [0.2, 0.25) is 0 Å². The summed E-state index contributed by atoms with van der Waals surface area (Å²) in [5.41, 5.74) is 5.29. The average Bonchev–Trinajstić information content (AvgIpc) is 2.15. The van der Waals surface area contributed by atoms with Crippen LogP contribution in [0.15, 0.2) is 0 Å². The molecule has 0 aliphatic rings. The lowest BCUT2D eigenvalue weighted by Crippen LogP contribution is -2.39. The molecule has 0 aromatic heterocycles. The molecule has 3 atom stereocenters. The number of carboxylic acids is 2. The first-order chi connectivity index (χ1) is 7.40. The summed E-state index contributed by atoms with van der Waals surface area (Å²) in [6, 6.07) is 0. The van der Waals surface area contributed by atoms with E-state index in [1.807, 2.05) is 6.92 Å². The van der Waals surface area contributed by atoms with Gasteiger partial charge in [-0.2, -0.15) is 0 Å². The molecule has 0 rings (SSSR count). The van der Waals surface area contributed by atoms with E-state index in [0.29, 0.717) is 12.8 Å². The predicted molar refractivity (Wildman–Crippen MR) is 56.6 cm³/mol. The first kappa shape index (κ1) is 14.9. The fourth-order valence-corrected chi connectivity index (χ4v) is 1.66. The molecule has 0 saturated heterocycles. The molecule has 94 valence electrons. The van der Waals surface area contributed by atoms with Crippen LogP contribution >= 0.6 is 0 Å². The maximum absolute atomic E-state index is 10.9. The molecule has 0 radical (unpaired) electrons. The van der Waals surface area contributed by atoms with Crippen LogP contribution in [0.25, 0.3) is 0 Å². The monoisotopic (exact) mass is 233 g/mol. The normalized spacial score (nSPS) is 16.4. The van der Waals surface area contributed by atoms with Gasteiger partial charge in [-0.3, -0.25) is 9.59 Å². The van der Waals surface area contributed by atoms with E-state index in [9.17, 15) is 14.7 Å². The highest BCUT2D eigenvalue weighted by Gasteiger charge is 2.33. The quantitative estimate of drug-likeness (QED) is 0.446. The van der Waals surface area contributed by atoms with Crippen molar-refractivity contribution in [3.63, 3.8) is 0 Å². The maximum Gasteiger partial charge on any atom is 0.307 e. The van der Waals surface area contributed by atoms with Gasteiger partial charge in [-0.15, -0.1) is 0 Å². The van der Waals surface area contributed by atoms with Crippen LogP contribution in [0, 0.1) is 11.8 Å². The third kappa shape index (κ3) is 5.09. The zero-order valence-corrected chi connectivity index (χ0v) is 9.30. The van der Waals surface area contributed by atoms with Crippen LogP contribution < -0.4 is 5.73 Å². The number of aliphatic hydroxyl groups is 1. The van der Waals surface area contributed by atoms with Crippen molar-refractivity contribution in [1.29, 1.82) is 0 Å². The van der Waals surface area contributed by atoms with Crippen molar-refractivity contribution in [2.45, 2.75) is 38.8 Å². The maximum atomic E-state index is 10.9. The van der Waals surface area contributed by atoms with Gasteiger partial charge in [0.1, 0.15) is 6.23 Å². The lowest BCUT2D eigenvalue weighted by atomic mass is 9.84. The van der Waals surface area contributed by atoms with Crippen LogP contribution in [-0.4, -0.2) is 33.5 Å². The zero-order valence-electron chi connectivity index (χ0n) is 9.30. The number of nitrogens with two attached hydrogens (primary N) is 1. The topological polar surface area (TPSA) is 121 Å². The van der Waals surface area contributed by atoms with E-state index in [0.717, 1.165) is 6.42 Å². The smallest absolute Gasteiger partial charge is 0.307 e. The third-order valence-corrected chi connectivity index (χ3v) is 2.56. The van der Waals surface area contributed by atoms with Gasteiger partial charge in [0.25, 0.3) is 0 Å². The number of unbranched alkanes of at least 4 members (excludes halogenated alkanes) is 1. The van der Waals surface area contributed by atoms with Crippen molar-refractivity contribution in [2.75, 3.05) is 0 Å². The molecular formula is C10H19NO5. The highest BCUT2D eigenvalue weighted by atomic mass is 16.4. The summed E-state index contributed by atoms with van der Waals surface area (Å²) in [7, 11) is 0. The number of aliphatic hydroxyl groups excluding tert-OH is 1. The van der Waals surface area contributed by atoms with Crippen LogP contribution in [0.2, 0.25) is 0 Å². The second-order valence-electron chi connectivity index (χ2n) is 3.84. The molecule has 0 spiro atoms. The molecular weight excluding hydrogens is 214 g/mol. The lowest BCUT2D eigenvalue weighted by molar-refractivity contribution is -0.152. The highest BCUT2D eigenvalue weighted by Crippen LogP contribution is 2.24. The Bertz CT molecular complexity index is 241. The molecule has 0 fully saturated rings. The van der Waals surface area contributed by atoms with Gasteiger partial charge in [0.05, 0.1) is 12.3 Å². The molecule has 6 heteroatoms. The predicted octanol–water partition coefficient (Wildman–Crippen LogP) is 0.245. The Morgan fingerprint density at radius 3 is 2.19 bits per heavy atom. The number of aliphatic carboxylic acids is 2. The molecule has 5 N–H and O–H groups in total. The summed E-state index contributed by atoms with van der Waals surface area (Å²) in [6.45, 7) is 1.92. The van der Waals surface area contributed by atoms with Crippen molar-refractivity contribution in [3.05, 3.63) is 0 Å². The van der Waals surface area contributed by atoms with Gasteiger partial charge in [0.15, 0.2) is 0 Å². The minimum Gasteiger partial charge on any atom is -0.481 e. The number of carboxylic acid groups (broad SMARTS) is 2. The molecule has 3 unspecified atom stereocenters. The Morgan fingerprint density at radius 1 is 1.31 bits per heavy atom. The van der Waals surface area contributed by atoms with Crippen LogP contribution in [0.3, 0.4) is 0 Å². The molecule has 0 bridgehead atoms. The average molecular weight is 233 g/mol. The Kier molecular flexibility index (Phi) is 6.67. The third-order valence-electron chi connectivity index (χ3n) is 2.56. The van der Waals surface area contributed by atoms with E-state index < -0.39 is 36.4 Å². The van der Waals surface area contributed by atoms with Crippen molar-refractivity contribution in [2.24, 2.45) is 17.6 Å². The van der Waals surface area contributed by atoms with E-state index in [1.165, 1.54) is 0 Å². The van der Waals surface area contributed by atoms with Crippen LogP contribution in [0.1, 0.15) is 32.6 Å². The van der Waals surface area contributed by atoms with Gasteiger partial charge in [-0.25, -0.2) is 0 Å². The van der Waals surface area contributed by atoms with Crippen molar-refractivity contribution in [3.8, 4) is 0 Å². The largest absolute Gasteiger partial charge is 0.481 e. The number of carbonyl (C=O) groups is 2. The summed E-state index contributed by atoms with van der Waals surface area (Å²) in [5, 5.41) is 26.8. The Labute approximate surface area is 94.1 Å². The van der Waals surface area contributed by atoms with Crippen LogP contribution in [0.4, 0.5) is 0 Å². The zero-order chi connectivity index (χ0) is 12.7. The van der Waals surface area contributed by atoms with Crippen LogP contribution in [-0.2, 0) is 9.59 Å².